The Morgan fingerprint density at radius 3 is 2.35 bits per heavy atom. The first kappa shape index (κ1) is 12.2. The number of esters is 1. The minimum absolute atomic E-state index is 0.0518. The van der Waals surface area contributed by atoms with Crippen molar-refractivity contribution in [3.05, 3.63) is 35.9 Å². The Bertz CT molecular complexity index is 375. The maximum atomic E-state index is 11.7. The van der Waals surface area contributed by atoms with Gasteiger partial charge in [-0.05, 0) is 44.1 Å². The number of ether oxygens (including phenoxy) is 1. The lowest BCUT2D eigenvalue weighted by Gasteiger charge is -2.35. The first-order valence-electron chi connectivity index (χ1n) is 6.29. The zero-order chi connectivity index (χ0) is 12.3. The molecule has 1 aliphatic carbocycles. The van der Waals surface area contributed by atoms with Crippen LogP contribution in [0.1, 0.15) is 44.1 Å². The quantitative estimate of drug-likeness (QED) is 0.729. The SMILES string of the molecule is COC(=O)C1(C)CCC(c2ccccc2)CC1. The van der Waals surface area contributed by atoms with Gasteiger partial charge in [0.2, 0.25) is 0 Å². The van der Waals surface area contributed by atoms with Crippen LogP contribution < -0.4 is 0 Å². The number of rotatable bonds is 2. The largest absolute Gasteiger partial charge is 0.469 e. The van der Waals surface area contributed by atoms with Crippen molar-refractivity contribution in [3.8, 4) is 0 Å². The van der Waals surface area contributed by atoms with Gasteiger partial charge >= 0.3 is 5.97 Å². The Kier molecular flexibility index (Phi) is 3.51. The summed E-state index contributed by atoms with van der Waals surface area (Å²) in [5, 5.41) is 0. The molecular formula is C15H20O2. The number of benzene rings is 1. The molecular weight excluding hydrogens is 212 g/mol. The first-order valence-corrected chi connectivity index (χ1v) is 6.29. The second kappa shape index (κ2) is 4.91. The Hall–Kier alpha value is -1.31. The number of methoxy groups -OCH3 is 1. The second-order valence-corrected chi connectivity index (χ2v) is 5.24. The van der Waals surface area contributed by atoms with E-state index < -0.39 is 0 Å². The van der Waals surface area contributed by atoms with E-state index in [1.54, 1.807) is 0 Å². The predicted molar refractivity (Wildman–Crippen MR) is 67.8 cm³/mol. The molecule has 1 aromatic rings. The van der Waals surface area contributed by atoms with Gasteiger partial charge in [-0.1, -0.05) is 30.3 Å². The van der Waals surface area contributed by atoms with Crippen LogP contribution in [0.5, 0.6) is 0 Å². The summed E-state index contributed by atoms with van der Waals surface area (Å²) >= 11 is 0. The second-order valence-electron chi connectivity index (χ2n) is 5.24. The number of hydrogen-bond acceptors (Lipinski definition) is 2. The van der Waals surface area contributed by atoms with E-state index in [2.05, 4.69) is 24.3 Å². The van der Waals surface area contributed by atoms with Crippen molar-refractivity contribution in [2.24, 2.45) is 5.41 Å². The minimum Gasteiger partial charge on any atom is -0.469 e. The topological polar surface area (TPSA) is 26.3 Å². The fourth-order valence-electron chi connectivity index (χ4n) is 2.76. The van der Waals surface area contributed by atoms with Crippen molar-refractivity contribution in [1.29, 1.82) is 0 Å². The van der Waals surface area contributed by atoms with Crippen LogP contribution in [0.25, 0.3) is 0 Å². The highest BCUT2D eigenvalue weighted by Gasteiger charge is 2.38. The summed E-state index contributed by atoms with van der Waals surface area (Å²) in [7, 11) is 1.48. The third-order valence-corrected chi connectivity index (χ3v) is 4.04. The molecule has 92 valence electrons. The van der Waals surface area contributed by atoms with Crippen molar-refractivity contribution in [2.45, 2.75) is 38.5 Å². The molecule has 0 radical (unpaired) electrons. The van der Waals surface area contributed by atoms with Gasteiger partial charge in [-0.2, -0.15) is 0 Å². The van der Waals surface area contributed by atoms with Crippen LogP contribution in [0.4, 0.5) is 0 Å². The summed E-state index contributed by atoms with van der Waals surface area (Å²) < 4.78 is 4.89. The maximum absolute atomic E-state index is 11.7. The summed E-state index contributed by atoms with van der Waals surface area (Å²) in [6.45, 7) is 2.03. The van der Waals surface area contributed by atoms with Crippen LogP contribution >= 0.6 is 0 Å². The van der Waals surface area contributed by atoms with Gasteiger partial charge in [-0.3, -0.25) is 4.79 Å². The van der Waals surface area contributed by atoms with E-state index in [4.69, 9.17) is 4.74 Å². The maximum Gasteiger partial charge on any atom is 0.311 e. The third-order valence-electron chi connectivity index (χ3n) is 4.04. The molecule has 0 saturated heterocycles. The molecule has 2 heteroatoms. The van der Waals surface area contributed by atoms with E-state index in [-0.39, 0.29) is 11.4 Å². The van der Waals surface area contributed by atoms with Crippen molar-refractivity contribution in [3.63, 3.8) is 0 Å². The standard InChI is InChI=1S/C15H20O2/c1-15(14(16)17-2)10-8-13(9-11-15)12-6-4-3-5-7-12/h3-7,13H,8-11H2,1-2H3. The number of carbonyl (C=O) groups is 1. The zero-order valence-electron chi connectivity index (χ0n) is 10.6. The molecule has 0 bridgehead atoms. The summed E-state index contributed by atoms with van der Waals surface area (Å²) in [5.41, 5.74) is 1.14. The molecule has 1 aliphatic rings. The minimum atomic E-state index is -0.264. The zero-order valence-corrected chi connectivity index (χ0v) is 10.6. The fraction of sp³-hybridized carbons (Fsp3) is 0.533. The Labute approximate surface area is 103 Å². The van der Waals surface area contributed by atoms with Gasteiger partial charge in [0.05, 0.1) is 12.5 Å². The molecule has 0 N–H and O–H groups in total. The van der Waals surface area contributed by atoms with E-state index in [9.17, 15) is 4.79 Å². The average Bonchev–Trinajstić information content (AvgIpc) is 2.39. The smallest absolute Gasteiger partial charge is 0.311 e. The molecule has 1 fully saturated rings. The summed E-state index contributed by atoms with van der Waals surface area (Å²) in [6.07, 6.45) is 4.02. The van der Waals surface area contributed by atoms with Crippen molar-refractivity contribution >= 4 is 5.97 Å². The summed E-state index contributed by atoms with van der Waals surface area (Å²) in [6, 6.07) is 10.6. The molecule has 2 nitrogen and oxygen atoms in total. The van der Waals surface area contributed by atoms with Gasteiger partial charge in [0.1, 0.15) is 0 Å². The molecule has 2 rings (SSSR count). The van der Waals surface area contributed by atoms with Gasteiger partial charge in [-0.25, -0.2) is 0 Å². The lowest BCUT2D eigenvalue weighted by Crippen LogP contribution is -2.33. The summed E-state index contributed by atoms with van der Waals surface area (Å²) in [5.74, 6) is 0.554. The van der Waals surface area contributed by atoms with Crippen LogP contribution in [-0.4, -0.2) is 13.1 Å². The highest BCUT2D eigenvalue weighted by atomic mass is 16.5. The number of carbonyl (C=O) groups excluding carboxylic acids is 1. The molecule has 1 saturated carbocycles. The van der Waals surface area contributed by atoms with Gasteiger partial charge in [-0.15, -0.1) is 0 Å². The average molecular weight is 232 g/mol. The molecule has 17 heavy (non-hydrogen) atoms. The lowest BCUT2D eigenvalue weighted by molar-refractivity contribution is -0.153. The van der Waals surface area contributed by atoms with Gasteiger partial charge < -0.3 is 4.74 Å². The fourth-order valence-corrected chi connectivity index (χ4v) is 2.76. The molecule has 0 atom stereocenters. The molecule has 0 spiro atoms. The first-order chi connectivity index (χ1) is 8.15. The molecule has 0 amide bonds. The van der Waals surface area contributed by atoms with E-state index in [1.165, 1.54) is 12.7 Å². The highest BCUT2D eigenvalue weighted by Crippen LogP contribution is 2.43. The van der Waals surface area contributed by atoms with Crippen molar-refractivity contribution in [1.82, 2.24) is 0 Å². The Balaban J connectivity index is 2.01. The summed E-state index contributed by atoms with van der Waals surface area (Å²) in [4.78, 5) is 11.7. The number of hydrogen-bond donors (Lipinski definition) is 0. The van der Waals surface area contributed by atoms with Crippen LogP contribution in [0, 0.1) is 5.41 Å². The molecule has 0 unspecified atom stereocenters. The van der Waals surface area contributed by atoms with Gasteiger partial charge in [0.15, 0.2) is 0 Å². The van der Waals surface area contributed by atoms with E-state index in [1.807, 2.05) is 13.0 Å². The van der Waals surface area contributed by atoms with Gasteiger partial charge in [0.25, 0.3) is 0 Å². The van der Waals surface area contributed by atoms with Crippen molar-refractivity contribution in [2.75, 3.05) is 7.11 Å². The Morgan fingerprint density at radius 2 is 1.82 bits per heavy atom. The van der Waals surface area contributed by atoms with Crippen LogP contribution in [0.15, 0.2) is 30.3 Å². The van der Waals surface area contributed by atoms with Crippen LogP contribution in [0.2, 0.25) is 0 Å². The monoisotopic (exact) mass is 232 g/mol. The van der Waals surface area contributed by atoms with Crippen molar-refractivity contribution < 1.29 is 9.53 Å². The predicted octanol–water partition coefficient (Wildman–Crippen LogP) is 3.52. The van der Waals surface area contributed by atoms with Gasteiger partial charge in [0, 0.05) is 0 Å². The molecule has 1 aromatic carbocycles. The van der Waals surface area contributed by atoms with E-state index in [0.29, 0.717) is 5.92 Å². The lowest BCUT2D eigenvalue weighted by atomic mass is 9.70. The third kappa shape index (κ3) is 2.51. The highest BCUT2D eigenvalue weighted by molar-refractivity contribution is 5.76. The van der Waals surface area contributed by atoms with E-state index in [0.717, 1.165) is 25.7 Å². The Morgan fingerprint density at radius 1 is 1.24 bits per heavy atom. The van der Waals surface area contributed by atoms with Crippen LogP contribution in [-0.2, 0) is 9.53 Å². The van der Waals surface area contributed by atoms with E-state index >= 15 is 0 Å². The molecule has 0 aromatic heterocycles. The molecule has 0 aliphatic heterocycles. The normalized spacial score (nSPS) is 28.7. The molecule has 0 heterocycles. The van der Waals surface area contributed by atoms with Crippen LogP contribution in [0.3, 0.4) is 0 Å².